The van der Waals surface area contributed by atoms with Gasteiger partial charge in [0.15, 0.2) is 0 Å². The zero-order chi connectivity index (χ0) is 14.5. The highest BCUT2D eigenvalue weighted by Gasteiger charge is 2.12. The maximum Gasteiger partial charge on any atom is 0.227 e. The highest BCUT2D eigenvalue weighted by Crippen LogP contribution is 2.10. The lowest BCUT2D eigenvalue weighted by atomic mass is 10.1. The van der Waals surface area contributed by atoms with E-state index in [0.29, 0.717) is 12.1 Å². The summed E-state index contributed by atoms with van der Waals surface area (Å²) in [5, 5.41) is 0. The Kier molecular flexibility index (Phi) is 4.51. The second-order valence-electron chi connectivity index (χ2n) is 5.00. The van der Waals surface area contributed by atoms with Crippen LogP contribution in [0.2, 0.25) is 0 Å². The third kappa shape index (κ3) is 3.67. The summed E-state index contributed by atoms with van der Waals surface area (Å²) in [4.78, 5) is 13.7. The molecule has 0 spiro atoms. The molecule has 0 N–H and O–H groups in total. The van der Waals surface area contributed by atoms with Crippen LogP contribution >= 0.6 is 0 Å². The summed E-state index contributed by atoms with van der Waals surface area (Å²) in [5.41, 5.74) is 2.70. The van der Waals surface area contributed by atoms with Gasteiger partial charge in [-0.3, -0.25) is 4.79 Å². The zero-order valence-electron chi connectivity index (χ0n) is 11.8. The molecule has 0 saturated carbocycles. The Bertz CT molecular complexity index is 592. The molecular weight excluding hydrogens is 253 g/mol. The predicted molar refractivity (Wildman–Crippen MR) is 77.8 cm³/mol. The fourth-order valence-corrected chi connectivity index (χ4v) is 2.00. The Morgan fingerprint density at radius 3 is 2.40 bits per heavy atom. The molecular formula is C17H18FNO. The monoisotopic (exact) mass is 271 g/mol. The van der Waals surface area contributed by atoms with Crippen molar-refractivity contribution >= 4 is 5.91 Å². The molecule has 3 heteroatoms. The van der Waals surface area contributed by atoms with E-state index in [9.17, 15) is 9.18 Å². The summed E-state index contributed by atoms with van der Waals surface area (Å²) in [7, 11) is 1.74. The van der Waals surface area contributed by atoms with E-state index in [1.54, 1.807) is 30.1 Å². The Morgan fingerprint density at radius 2 is 1.75 bits per heavy atom. The molecule has 2 aromatic rings. The number of hydrogen-bond acceptors (Lipinski definition) is 1. The quantitative estimate of drug-likeness (QED) is 0.835. The van der Waals surface area contributed by atoms with Crippen molar-refractivity contribution < 1.29 is 9.18 Å². The van der Waals surface area contributed by atoms with Gasteiger partial charge in [-0.05, 0) is 24.1 Å². The Hall–Kier alpha value is -2.16. The highest BCUT2D eigenvalue weighted by atomic mass is 19.1. The van der Waals surface area contributed by atoms with Gasteiger partial charge in [-0.2, -0.15) is 0 Å². The lowest BCUT2D eigenvalue weighted by Crippen LogP contribution is -2.28. The van der Waals surface area contributed by atoms with Crippen molar-refractivity contribution in [2.75, 3.05) is 7.05 Å². The van der Waals surface area contributed by atoms with Crippen LogP contribution in [-0.4, -0.2) is 17.9 Å². The first-order valence-corrected chi connectivity index (χ1v) is 6.59. The Balaban J connectivity index is 1.99. The van der Waals surface area contributed by atoms with Crippen LogP contribution in [0.15, 0.2) is 48.5 Å². The molecule has 104 valence electrons. The van der Waals surface area contributed by atoms with Gasteiger partial charge in [0.05, 0.1) is 6.42 Å². The van der Waals surface area contributed by atoms with Crippen molar-refractivity contribution in [2.45, 2.75) is 19.9 Å². The van der Waals surface area contributed by atoms with Crippen LogP contribution in [0.4, 0.5) is 4.39 Å². The third-order valence-corrected chi connectivity index (χ3v) is 3.27. The summed E-state index contributed by atoms with van der Waals surface area (Å²) in [6.45, 7) is 2.56. The number of nitrogens with zero attached hydrogens (tertiary/aromatic N) is 1. The fourth-order valence-electron chi connectivity index (χ4n) is 2.00. The normalized spacial score (nSPS) is 10.3. The van der Waals surface area contributed by atoms with Gasteiger partial charge < -0.3 is 4.90 Å². The van der Waals surface area contributed by atoms with E-state index in [0.717, 1.165) is 5.56 Å². The van der Waals surface area contributed by atoms with E-state index in [-0.39, 0.29) is 18.1 Å². The van der Waals surface area contributed by atoms with E-state index < -0.39 is 0 Å². The number of carbonyl (C=O) groups excluding carboxylic acids is 1. The molecule has 2 aromatic carbocycles. The van der Waals surface area contributed by atoms with Gasteiger partial charge in [-0.15, -0.1) is 0 Å². The van der Waals surface area contributed by atoms with Crippen LogP contribution in [0.25, 0.3) is 0 Å². The zero-order valence-corrected chi connectivity index (χ0v) is 11.8. The maximum absolute atomic E-state index is 13.5. The van der Waals surface area contributed by atoms with Crippen LogP contribution in [0.1, 0.15) is 16.7 Å². The second kappa shape index (κ2) is 6.33. The molecule has 0 fully saturated rings. The molecule has 0 bridgehead atoms. The minimum Gasteiger partial charge on any atom is -0.341 e. The Labute approximate surface area is 118 Å². The van der Waals surface area contributed by atoms with Crippen molar-refractivity contribution in [2.24, 2.45) is 0 Å². The first-order valence-electron chi connectivity index (χ1n) is 6.59. The molecule has 2 rings (SSSR count). The van der Waals surface area contributed by atoms with Gasteiger partial charge in [0.25, 0.3) is 0 Å². The van der Waals surface area contributed by atoms with E-state index in [1.807, 2.05) is 31.2 Å². The average Bonchev–Trinajstić information content (AvgIpc) is 2.44. The molecule has 0 aliphatic rings. The molecule has 0 saturated heterocycles. The first kappa shape index (κ1) is 14.3. The second-order valence-corrected chi connectivity index (χ2v) is 5.00. The van der Waals surface area contributed by atoms with Gasteiger partial charge >= 0.3 is 0 Å². The maximum atomic E-state index is 13.5. The van der Waals surface area contributed by atoms with Crippen molar-refractivity contribution in [3.8, 4) is 0 Å². The average molecular weight is 271 g/mol. The standard InChI is InChI=1S/C17H18FNO/c1-13-7-9-14(10-8-13)12-19(2)17(20)11-15-5-3-4-6-16(15)18/h3-10H,11-12H2,1-2H3. The molecule has 20 heavy (non-hydrogen) atoms. The summed E-state index contributed by atoms with van der Waals surface area (Å²) in [6, 6.07) is 14.4. The van der Waals surface area contributed by atoms with Crippen LogP contribution in [0, 0.1) is 12.7 Å². The van der Waals surface area contributed by atoms with Crippen molar-refractivity contribution in [3.63, 3.8) is 0 Å². The lowest BCUT2D eigenvalue weighted by Gasteiger charge is -2.17. The van der Waals surface area contributed by atoms with E-state index >= 15 is 0 Å². The predicted octanol–water partition coefficient (Wildman–Crippen LogP) is 3.34. The first-order chi connectivity index (χ1) is 9.56. The number of benzene rings is 2. The lowest BCUT2D eigenvalue weighted by molar-refractivity contribution is -0.129. The highest BCUT2D eigenvalue weighted by molar-refractivity contribution is 5.78. The van der Waals surface area contributed by atoms with Crippen LogP contribution in [-0.2, 0) is 17.8 Å². The summed E-state index contributed by atoms with van der Waals surface area (Å²) in [6.07, 6.45) is 0.0923. The van der Waals surface area contributed by atoms with Crippen LogP contribution in [0.3, 0.4) is 0 Å². The SMILES string of the molecule is Cc1ccc(CN(C)C(=O)Cc2ccccc2F)cc1. The van der Waals surface area contributed by atoms with Gasteiger partial charge in [0, 0.05) is 13.6 Å². The van der Waals surface area contributed by atoms with Gasteiger partial charge in [0.2, 0.25) is 5.91 Å². The van der Waals surface area contributed by atoms with Crippen molar-refractivity contribution in [3.05, 3.63) is 71.0 Å². The number of halogens is 1. The van der Waals surface area contributed by atoms with Gasteiger partial charge in [0.1, 0.15) is 5.82 Å². The van der Waals surface area contributed by atoms with Crippen molar-refractivity contribution in [1.29, 1.82) is 0 Å². The number of aryl methyl sites for hydroxylation is 1. The van der Waals surface area contributed by atoms with Gasteiger partial charge in [-0.1, -0.05) is 48.0 Å². The smallest absolute Gasteiger partial charge is 0.227 e. The largest absolute Gasteiger partial charge is 0.341 e. The fraction of sp³-hybridized carbons (Fsp3) is 0.235. The molecule has 0 heterocycles. The van der Waals surface area contributed by atoms with E-state index in [4.69, 9.17) is 0 Å². The number of amides is 1. The number of likely N-dealkylation sites (N-methyl/N-ethyl adjacent to an activating group) is 1. The van der Waals surface area contributed by atoms with E-state index in [1.165, 1.54) is 11.6 Å². The molecule has 0 aromatic heterocycles. The topological polar surface area (TPSA) is 20.3 Å². The molecule has 0 aliphatic heterocycles. The van der Waals surface area contributed by atoms with Crippen LogP contribution < -0.4 is 0 Å². The summed E-state index contributed by atoms with van der Waals surface area (Å²) >= 11 is 0. The minimum absolute atomic E-state index is 0.0873. The Morgan fingerprint density at radius 1 is 1.10 bits per heavy atom. The molecule has 1 amide bonds. The molecule has 0 aliphatic carbocycles. The molecule has 2 nitrogen and oxygen atoms in total. The molecule has 0 atom stereocenters. The number of rotatable bonds is 4. The van der Waals surface area contributed by atoms with Gasteiger partial charge in [-0.25, -0.2) is 4.39 Å². The molecule has 0 radical (unpaired) electrons. The van der Waals surface area contributed by atoms with Crippen molar-refractivity contribution in [1.82, 2.24) is 4.90 Å². The third-order valence-electron chi connectivity index (χ3n) is 3.27. The number of hydrogen-bond donors (Lipinski definition) is 0. The summed E-state index contributed by atoms with van der Waals surface area (Å²) in [5.74, 6) is -0.416. The van der Waals surface area contributed by atoms with E-state index in [2.05, 4.69) is 0 Å². The summed E-state index contributed by atoms with van der Waals surface area (Å²) < 4.78 is 13.5. The van der Waals surface area contributed by atoms with Crippen LogP contribution in [0.5, 0.6) is 0 Å². The molecule has 0 unspecified atom stereocenters. The number of carbonyl (C=O) groups is 1. The minimum atomic E-state index is -0.329.